The predicted molar refractivity (Wildman–Crippen MR) is 112 cm³/mol. The Morgan fingerprint density at radius 3 is 2.32 bits per heavy atom. The van der Waals surface area contributed by atoms with Crippen molar-refractivity contribution in [1.29, 1.82) is 0 Å². The van der Waals surface area contributed by atoms with E-state index >= 15 is 0 Å². The summed E-state index contributed by atoms with van der Waals surface area (Å²) < 4.78 is 24.5. The molecule has 1 fully saturated rings. The maximum Gasteiger partial charge on any atom is 0.247 e. The second kappa shape index (κ2) is 7.11. The lowest BCUT2D eigenvalue weighted by Gasteiger charge is -2.32. The highest BCUT2D eigenvalue weighted by molar-refractivity contribution is 7.93. The summed E-state index contributed by atoms with van der Waals surface area (Å²) in [6, 6.07) is 3.21. The molecule has 1 aliphatic heterocycles. The molecule has 7 nitrogen and oxygen atoms in total. The lowest BCUT2D eigenvalue weighted by Crippen LogP contribution is -2.44. The SMILES string of the molecule is CC(C)(C)c1csc(NC(=O)C(C)(C)S(=O)(=O)c2ccc(N3CCC3)nc2)n1. The van der Waals surface area contributed by atoms with Crippen LogP contribution in [0, 0.1) is 0 Å². The van der Waals surface area contributed by atoms with E-state index in [1.54, 1.807) is 6.07 Å². The van der Waals surface area contributed by atoms with Crippen molar-refractivity contribution in [3.8, 4) is 0 Å². The van der Waals surface area contributed by atoms with Gasteiger partial charge in [-0.3, -0.25) is 4.79 Å². The number of carbonyl (C=O) groups is 1. The molecule has 1 N–H and O–H groups in total. The molecule has 2 aromatic heterocycles. The topological polar surface area (TPSA) is 92.3 Å². The van der Waals surface area contributed by atoms with Gasteiger partial charge in [0.05, 0.1) is 10.6 Å². The number of amides is 1. The first-order valence-corrected chi connectivity index (χ1v) is 11.5. The smallest absolute Gasteiger partial charge is 0.247 e. The Kier molecular flexibility index (Phi) is 5.26. The summed E-state index contributed by atoms with van der Waals surface area (Å²) in [5.74, 6) is 0.138. The van der Waals surface area contributed by atoms with E-state index in [1.165, 1.54) is 37.4 Å². The Morgan fingerprint density at radius 2 is 1.86 bits per heavy atom. The second-order valence-electron chi connectivity index (χ2n) is 8.45. The van der Waals surface area contributed by atoms with Gasteiger partial charge >= 0.3 is 0 Å². The molecule has 152 valence electrons. The van der Waals surface area contributed by atoms with Crippen LogP contribution in [0.4, 0.5) is 10.9 Å². The van der Waals surface area contributed by atoms with Crippen LogP contribution in [0.25, 0.3) is 0 Å². The fourth-order valence-electron chi connectivity index (χ4n) is 2.60. The Hall–Kier alpha value is -2.00. The van der Waals surface area contributed by atoms with E-state index in [1.807, 2.05) is 26.2 Å². The molecule has 1 aliphatic rings. The van der Waals surface area contributed by atoms with Crippen LogP contribution in [0.15, 0.2) is 28.6 Å². The Labute approximate surface area is 170 Å². The van der Waals surface area contributed by atoms with E-state index in [4.69, 9.17) is 0 Å². The number of thiazole rings is 1. The van der Waals surface area contributed by atoms with Crippen molar-refractivity contribution < 1.29 is 13.2 Å². The Morgan fingerprint density at radius 1 is 1.18 bits per heavy atom. The molecule has 0 unspecified atom stereocenters. The van der Waals surface area contributed by atoms with Crippen LogP contribution < -0.4 is 10.2 Å². The van der Waals surface area contributed by atoms with Crippen molar-refractivity contribution in [2.45, 2.75) is 56.1 Å². The standard InChI is InChI=1S/C19H26N4O3S2/c1-18(2,3)14-12-27-17(21-14)22-16(24)19(4,5)28(25,26)13-7-8-15(20-11-13)23-9-6-10-23/h7-8,11-12H,6,9-10H2,1-5H3,(H,21,22,24). The first-order valence-electron chi connectivity index (χ1n) is 9.16. The maximum absolute atomic E-state index is 13.1. The molecule has 0 spiro atoms. The van der Waals surface area contributed by atoms with Gasteiger partial charge in [0.25, 0.3) is 0 Å². The molecule has 0 aromatic carbocycles. The number of anilines is 2. The minimum Gasteiger partial charge on any atom is -0.356 e. The number of pyridine rings is 1. The molecule has 0 saturated carbocycles. The van der Waals surface area contributed by atoms with Crippen LogP contribution in [0.5, 0.6) is 0 Å². The van der Waals surface area contributed by atoms with E-state index in [0.29, 0.717) is 5.13 Å². The number of nitrogens with one attached hydrogen (secondary N) is 1. The van der Waals surface area contributed by atoms with Crippen molar-refractivity contribution in [2.75, 3.05) is 23.3 Å². The largest absolute Gasteiger partial charge is 0.356 e. The molecule has 3 rings (SSSR count). The van der Waals surface area contributed by atoms with Crippen molar-refractivity contribution in [2.24, 2.45) is 0 Å². The molecule has 1 saturated heterocycles. The third-order valence-corrected chi connectivity index (χ3v) is 8.07. The summed E-state index contributed by atoms with van der Waals surface area (Å²) in [6.45, 7) is 10.7. The molecule has 28 heavy (non-hydrogen) atoms. The molecule has 0 atom stereocenters. The van der Waals surface area contributed by atoms with Crippen LogP contribution in [-0.4, -0.2) is 42.1 Å². The van der Waals surface area contributed by atoms with Crippen LogP contribution in [0.3, 0.4) is 0 Å². The van der Waals surface area contributed by atoms with Crippen molar-refractivity contribution in [3.63, 3.8) is 0 Å². The number of nitrogens with zero attached hydrogens (tertiary/aromatic N) is 3. The number of sulfone groups is 1. The lowest BCUT2D eigenvalue weighted by molar-refractivity contribution is -0.117. The number of aromatic nitrogens is 2. The summed E-state index contributed by atoms with van der Waals surface area (Å²) in [5, 5.41) is 4.92. The lowest BCUT2D eigenvalue weighted by atomic mass is 9.93. The van der Waals surface area contributed by atoms with Crippen molar-refractivity contribution >= 4 is 38.0 Å². The normalized spacial score (nSPS) is 15.2. The van der Waals surface area contributed by atoms with E-state index in [0.717, 1.165) is 31.0 Å². The summed E-state index contributed by atoms with van der Waals surface area (Å²) in [4.78, 5) is 23.6. The summed E-state index contributed by atoms with van der Waals surface area (Å²) in [5.41, 5.74) is 0.699. The Bertz CT molecular complexity index is 969. The molecule has 0 aliphatic carbocycles. The number of hydrogen-bond donors (Lipinski definition) is 1. The average molecular weight is 423 g/mol. The maximum atomic E-state index is 13.1. The van der Waals surface area contributed by atoms with Crippen LogP contribution in [-0.2, 0) is 20.0 Å². The molecular weight excluding hydrogens is 396 g/mol. The summed E-state index contributed by atoms with van der Waals surface area (Å²) in [6.07, 6.45) is 2.45. The first kappa shape index (κ1) is 20.7. The van der Waals surface area contributed by atoms with Gasteiger partial charge in [-0.25, -0.2) is 18.4 Å². The molecule has 9 heteroatoms. The van der Waals surface area contributed by atoms with Crippen LogP contribution in [0.2, 0.25) is 0 Å². The summed E-state index contributed by atoms with van der Waals surface area (Å²) >= 11 is 1.29. The van der Waals surface area contributed by atoms with Crippen molar-refractivity contribution in [3.05, 3.63) is 29.4 Å². The zero-order valence-corrected chi connectivity index (χ0v) is 18.4. The van der Waals surface area contributed by atoms with Gasteiger partial charge in [-0.15, -0.1) is 11.3 Å². The molecule has 1 amide bonds. The molecule has 0 radical (unpaired) electrons. The molecule has 2 aromatic rings. The van der Waals surface area contributed by atoms with E-state index in [2.05, 4.69) is 20.2 Å². The zero-order chi connectivity index (χ0) is 20.7. The number of carbonyl (C=O) groups excluding carboxylic acids is 1. The number of rotatable bonds is 5. The Balaban J connectivity index is 1.79. The van der Waals surface area contributed by atoms with Gasteiger partial charge in [-0.2, -0.15) is 0 Å². The van der Waals surface area contributed by atoms with Gasteiger partial charge in [0.2, 0.25) is 5.91 Å². The van der Waals surface area contributed by atoms with Gasteiger partial charge in [-0.05, 0) is 32.4 Å². The monoisotopic (exact) mass is 422 g/mol. The fraction of sp³-hybridized carbons (Fsp3) is 0.526. The van der Waals surface area contributed by atoms with Crippen molar-refractivity contribution in [1.82, 2.24) is 9.97 Å². The minimum atomic E-state index is -3.93. The van der Waals surface area contributed by atoms with Gasteiger partial charge in [0.15, 0.2) is 15.0 Å². The second-order valence-corrected chi connectivity index (χ2v) is 11.8. The highest BCUT2D eigenvalue weighted by atomic mass is 32.2. The number of hydrogen-bond acceptors (Lipinski definition) is 7. The molecular formula is C19H26N4O3S2. The minimum absolute atomic E-state index is 0.0337. The fourth-order valence-corrected chi connectivity index (χ4v) is 4.86. The van der Waals surface area contributed by atoms with Crippen LogP contribution in [0.1, 0.15) is 46.7 Å². The van der Waals surface area contributed by atoms with Crippen LogP contribution >= 0.6 is 11.3 Å². The third-order valence-electron chi connectivity index (χ3n) is 4.92. The predicted octanol–water partition coefficient (Wildman–Crippen LogP) is 3.24. The zero-order valence-electron chi connectivity index (χ0n) is 16.8. The first-order chi connectivity index (χ1) is 12.9. The van der Waals surface area contributed by atoms with Gasteiger partial charge in [0.1, 0.15) is 10.6 Å². The summed E-state index contributed by atoms with van der Waals surface area (Å²) in [7, 11) is -3.93. The average Bonchev–Trinajstić information content (AvgIpc) is 3.02. The highest BCUT2D eigenvalue weighted by Crippen LogP contribution is 2.30. The highest BCUT2D eigenvalue weighted by Gasteiger charge is 2.43. The van der Waals surface area contributed by atoms with Gasteiger partial charge in [-0.1, -0.05) is 20.8 Å². The third kappa shape index (κ3) is 3.77. The van der Waals surface area contributed by atoms with Gasteiger partial charge in [0, 0.05) is 30.1 Å². The van der Waals surface area contributed by atoms with E-state index in [-0.39, 0.29) is 10.3 Å². The van der Waals surface area contributed by atoms with E-state index in [9.17, 15) is 13.2 Å². The molecule has 0 bridgehead atoms. The quantitative estimate of drug-likeness (QED) is 0.795. The van der Waals surface area contributed by atoms with E-state index < -0.39 is 20.5 Å². The van der Waals surface area contributed by atoms with Gasteiger partial charge < -0.3 is 10.2 Å². The molecule has 3 heterocycles.